The normalized spacial score (nSPS) is 11.6. The van der Waals surface area contributed by atoms with Crippen LogP contribution in [0, 0.1) is 0 Å². The molecule has 0 atom stereocenters. The summed E-state index contributed by atoms with van der Waals surface area (Å²) in [6, 6.07) is 59.2. The van der Waals surface area contributed by atoms with Gasteiger partial charge in [0.15, 0.2) is 0 Å². The molecule has 0 bridgehead atoms. The van der Waals surface area contributed by atoms with Crippen molar-refractivity contribution >= 4 is 43.4 Å². The quantitative estimate of drug-likeness (QED) is 0.188. The van der Waals surface area contributed by atoms with Gasteiger partial charge in [-0.2, -0.15) is 0 Å². The molecule has 0 unspecified atom stereocenters. The smallest absolute Gasteiger partial charge is 0.140 e. The molecule has 0 saturated carbocycles. The van der Waals surface area contributed by atoms with Crippen LogP contribution < -0.4 is 0 Å². The van der Waals surface area contributed by atoms with E-state index in [0.717, 1.165) is 22.4 Å². The summed E-state index contributed by atoms with van der Waals surface area (Å²) in [5.41, 5.74) is 10.7. The highest BCUT2D eigenvalue weighted by Crippen LogP contribution is 2.44. The van der Waals surface area contributed by atoms with Crippen LogP contribution in [0.25, 0.3) is 88.1 Å². The van der Waals surface area contributed by atoms with E-state index >= 15 is 0 Å². The van der Waals surface area contributed by atoms with E-state index in [0.29, 0.717) is 0 Å². The van der Waals surface area contributed by atoms with Crippen molar-refractivity contribution in [3.8, 4) is 44.8 Å². The second-order valence-electron chi connectivity index (χ2n) is 12.0. The van der Waals surface area contributed by atoms with Gasteiger partial charge in [0.1, 0.15) is 5.82 Å². The van der Waals surface area contributed by atoms with Crippen LogP contribution >= 0.6 is 0 Å². The van der Waals surface area contributed by atoms with Crippen LogP contribution in [0.4, 0.5) is 0 Å². The first kappa shape index (κ1) is 26.4. The molecule has 0 fully saturated rings. The maximum absolute atomic E-state index is 4.94. The van der Waals surface area contributed by atoms with E-state index in [9.17, 15) is 0 Å². The van der Waals surface area contributed by atoms with Gasteiger partial charge in [-0.05, 0) is 83.9 Å². The van der Waals surface area contributed by atoms with Crippen LogP contribution in [0.3, 0.4) is 0 Å². The summed E-state index contributed by atoms with van der Waals surface area (Å²) in [6.45, 7) is 0. The molecule has 0 saturated heterocycles. The van der Waals surface area contributed by atoms with Gasteiger partial charge in [-0.15, -0.1) is 0 Å². The molecular weight excluding hydrogens is 556 g/mol. The fourth-order valence-electron chi connectivity index (χ4n) is 7.14. The highest BCUT2D eigenvalue weighted by atomic mass is 15.1. The molecule has 9 aromatic rings. The molecule has 216 valence electrons. The molecule has 8 aromatic carbocycles. The Labute approximate surface area is 267 Å². The number of fused-ring (bicyclic) bond motifs is 4. The van der Waals surface area contributed by atoms with Gasteiger partial charge >= 0.3 is 0 Å². The average molecular weight is 587 g/mol. The monoisotopic (exact) mass is 586 g/mol. The molecule has 46 heavy (non-hydrogen) atoms. The van der Waals surface area contributed by atoms with Crippen LogP contribution in [0.5, 0.6) is 0 Å². The lowest BCUT2D eigenvalue weighted by Gasteiger charge is -2.18. The zero-order valence-electron chi connectivity index (χ0n) is 25.5. The predicted molar refractivity (Wildman–Crippen MR) is 195 cm³/mol. The predicted octanol–water partition coefficient (Wildman–Crippen LogP) is 11.7. The Morgan fingerprint density at radius 2 is 0.913 bits per heavy atom. The first-order valence-corrected chi connectivity index (χ1v) is 15.8. The standard InChI is InChI=1S/C44H30N2/c1-46-41-28-34(25-26-40(41)45-44(46)32-12-3-2-4-13-32)30-19-22-31(23-20-30)42-36-15-7-9-17-38(36)43(39-18-10-8-16-37(39)42)35-24-21-29-11-5-6-14-33(29)27-35/h2-28H,1H3. The fourth-order valence-corrected chi connectivity index (χ4v) is 7.14. The highest BCUT2D eigenvalue weighted by molar-refractivity contribution is 6.21. The SMILES string of the molecule is Cn1c(-c2ccccc2)nc2ccc(-c3ccc(-c4c5ccccc5c(-c5ccc6ccccc6c5)c5ccccc45)cc3)cc21. The second-order valence-corrected chi connectivity index (χ2v) is 12.0. The summed E-state index contributed by atoms with van der Waals surface area (Å²) in [7, 11) is 2.10. The molecular formula is C44H30N2. The summed E-state index contributed by atoms with van der Waals surface area (Å²) in [5.74, 6) is 0.981. The first-order chi connectivity index (χ1) is 22.7. The third kappa shape index (κ3) is 4.22. The lowest BCUT2D eigenvalue weighted by molar-refractivity contribution is 0.959. The van der Waals surface area contributed by atoms with Gasteiger partial charge in [0.25, 0.3) is 0 Å². The number of hydrogen-bond donors (Lipinski definition) is 0. The Hall–Kier alpha value is -5.99. The highest BCUT2D eigenvalue weighted by Gasteiger charge is 2.17. The molecule has 9 rings (SSSR count). The van der Waals surface area contributed by atoms with Gasteiger partial charge in [-0.1, -0.05) is 146 Å². The van der Waals surface area contributed by atoms with E-state index in [2.05, 4.69) is 169 Å². The largest absolute Gasteiger partial charge is 0.327 e. The summed E-state index contributed by atoms with van der Waals surface area (Å²) >= 11 is 0. The lowest BCUT2D eigenvalue weighted by atomic mass is 9.85. The van der Waals surface area contributed by atoms with Crippen LogP contribution in [0.15, 0.2) is 164 Å². The van der Waals surface area contributed by atoms with Crippen molar-refractivity contribution in [1.29, 1.82) is 0 Å². The molecule has 0 radical (unpaired) electrons. The minimum atomic E-state index is 0.981. The summed E-state index contributed by atoms with van der Waals surface area (Å²) in [4.78, 5) is 4.94. The molecule has 0 aliphatic heterocycles. The van der Waals surface area contributed by atoms with Crippen LogP contribution in [-0.2, 0) is 7.05 Å². The van der Waals surface area contributed by atoms with Gasteiger partial charge in [0.2, 0.25) is 0 Å². The summed E-state index contributed by atoms with van der Waals surface area (Å²) < 4.78 is 2.19. The van der Waals surface area contributed by atoms with E-state index in [-0.39, 0.29) is 0 Å². The number of nitrogens with zero attached hydrogens (tertiary/aromatic N) is 2. The molecule has 0 aliphatic rings. The van der Waals surface area contributed by atoms with Crippen molar-refractivity contribution < 1.29 is 0 Å². The zero-order chi connectivity index (χ0) is 30.6. The molecule has 0 N–H and O–H groups in total. The van der Waals surface area contributed by atoms with Crippen molar-refractivity contribution in [1.82, 2.24) is 9.55 Å². The van der Waals surface area contributed by atoms with Crippen molar-refractivity contribution in [2.75, 3.05) is 0 Å². The van der Waals surface area contributed by atoms with Crippen LogP contribution in [0.1, 0.15) is 0 Å². The minimum absolute atomic E-state index is 0.981. The van der Waals surface area contributed by atoms with E-state index in [1.807, 2.05) is 6.07 Å². The van der Waals surface area contributed by atoms with E-state index < -0.39 is 0 Å². The van der Waals surface area contributed by atoms with Crippen molar-refractivity contribution in [3.63, 3.8) is 0 Å². The Morgan fingerprint density at radius 1 is 0.391 bits per heavy atom. The maximum Gasteiger partial charge on any atom is 0.140 e. The van der Waals surface area contributed by atoms with Crippen LogP contribution in [-0.4, -0.2) is 9.55 Å². The molecule has 1 aromatic heterocycles. The molecule has 2 nitrogen and oxygen atoms in total. The molecule has 2 heteroatoms. The second kappa shape index (κ2) is 10.6. The minimum Gasteiger partial charge on any atom is -0.327 e. The van der Waals surface area contributed by atoms with Gasteiger partial charge in [-0.25, -0.2) is 4.98 Å². The Morgan fingerprint density at radius 3 is 1.59 bits per heavy atom. The van der Waals surface area contributed by atoms with E-state index in [4.69, 9.17) is 4.98 Å². The summed E-state index contributed by atoms with van der Waals surface area (Å²) in [5, 5.41) is 7.59. The average Bonchev–Trinajstić information content (AvgIpc) is 3.46. The Kier molecular flexibility index (Phi) is 6.07. The lowest BCUT2D eigenvalue weighted by Crippen LogP contribution is -1.92. The fraction of sp³-hybridized carbons (Fsp3) is 0.0227. The molecule has 0 aliphatic carbocycles. The molecule has 0 amide bonds. The zero-order valence-corrected chi connectivity index (χ0v) is 25.5. The van der Waals surface area contributed by atoms with Gasteiger partial charge in [0.05, 0.1) is 11.0 Å². The Balaban J connectivity index is 1.18. The summed E-state index contributed by atoms with van der Waals surface area (Å²) in [6.07, 6.45) is 0. The van der Waals surface area contributed by atoms with E-state index in [1.54, 1.807) is 0 Å². The van der Waals surface area contributed by atoms with E-state index in [1.165, 1.54) is 65.7 Å². The number of hydrogen-bond acceptors (Lipinski definition) is 1. The number of rotatable bonds is 4. The molecule has 1 heterocycles. The third-order valence-corrected chi connectivity index (χ3v) is 9.39. The Bertz CT molecular complexity index is 2520. The molecule has 0 spiro atoms. The van der Waals surface area contributed by atoms with Crippen molar-refractivity contribution in [2.24, 2.45) is 7.05 Å². The number of benzene rings is 8. The van der Waals surface area contributed by atoms with Gasteiger partial charge in [-0.3, -0.25) is 0 Å². The number of imidazole rings is 1. The number of aryl methyl sites for hydroxylation is 1. The van der Waals surface area contributed by atoms with Crippen molar-refractivity contribution in [2.45, 2.75) is 0 Å². The van der Waals surface area contributed by atoms with Crippen molar-refractivity contribution in [3.05, 3.63) is 164 Å². The maximum atomic E-state index is 4.94. The topological polar surface area (TPSA) is 17.8 Å². The number of aromatic nitrogens is 2. The van der Waals surface area contributed by atoms with Crippen LogP contribution in [0.2, 0.25) is 0 Å². The van der Waals surface area contributed by atoms with Gasteiger partial charge in [0, 0.05) is 12.6 Å². The third-order valence-electron chi connectivity index (χ3n) is 9.39. The van der Waals surface area contributed by atoms with Gasteiger partial charge < -0.3 is 4.57 Å². The first-order valence-electron chi connectivity index (χ1n) is 15.8.